The van der Waals surface area contributed by atoms with Crippen LogP contribution in [0, 0.1) is 25.5 Å². The van der Waals surface area contributed by atoms with E-state index in [1.807, 2.05) is 6.92 Å². The van der Waals surface area contributed by atoms with E-state index >= 15 is 0 Å². The third kappa shape index (κ3) is 4.28. The van der Waals surface area contributed by atoms with Gasteiger partial charge < -0.3 is 19.3 Å². The molecule has 0 unspecified atom stereocenters. The van der Waals surface area contributed by atoms with Crippen molar-refractivity contribution >= 4 is 11.6 Å². The Hall–Kier alpha value is -3.42. The van der Waals surface area contributed by atoms with Crippen LogP contribution in [0.3, 0.4) is 0 Å². The number of amides is 1. The average Bonchev–Trinajstić information content (AvgIpc) is 2.96. The van der Waals surface area contributed by atoms with E-state index in [-0.39, 0.29) is 17.9 Å². The summed E-state index contributed by atoms with van der Waals surface area (Å²) in [5.41, 5.74) is 1.82. The molecule has 3 rings (SSSR count). The first-order valence-electron chi connectivity index (χ1n) is 8.37. The number of rotatable bonds is 6. The zero-order valence-electron chi connectivity index (χ0n) is 15.5. The third-order valence-electron chi connectivity index (χ3n) is 4.10. The molecule has 146 valence electrons. The molecule has 0 bridgehead atoms. The molecule has 28 heavy (non-hydrogen) atoms. The van der Waals surface area contributed by atoms with E-state index in [1.165, 1.54) is 19.2 Å². The predicted octanol–water partition coefficient (Wildman–Crippen LogP) is 4.41. The van der Waals surface area contributed by atoms with Crippen molar-refractivity contribution in [3.8, 4) is 11.5 Å². The van der Waals surface area contributed by atoms with Gasteiger partial charge in [-0.3, -0.25) is 4.79 Å². The van der Waals surface area contributed by atoms with Crippen LogP contribution in [0.4, 0.5) is 14.5 Å². The van der Waals surface area contributed by atoms with Gasteiger partial charge in [-0.1, -0.05) is 5.16 Å². The van der Waals surface area contributed by atoms with E-state index in [4.69, 9.17) is 14.0 Å². The minimum absolute atomic E-state index is 0.0141. The number of hydrogen-bond donors (Lipinski definition) is 1. The summed E-state index contributed by atoms with van der Waals surface area (Å²) in [5.74, 6) is -0.678. The van der Waals surface area contributed by atoms with Gasteiger partial charge >= 0.3 is 0 Å². The van der Waals surface area contributed by atoms with Crippen LogP contribution in [0.5, 0.6) is 11.5 Å². The lowest BCUT2D eigenvalue weighted by Gasteiger charge is -2.12. The number of halogens is 2. The lowest BCUT2D eigenvalue weighted by atomic mass is 10.1. The summed E-state index contributed by atoms with van der Waals surface area (Å²) in [6.45, 7) is 3.83. The van der Waals surface area contributed by atoms with Crippen LogP contribution in [0.2, 0.25) is 0 Å². The van der Waals surface area contributed by atoms with Crippen LogP contribution in [0.1, 0.15) is 27.4 Å². The first kappa shape index (κ1) is 19.3. The van der Waals surface area contributed by atoms with Gasteiger partial charge in [0.05, 0.1) is 18.4 Å². The van der Waals surface area contributed by atoms with Crippen LogP contribution in [0.25, 0.3) is 0 Å². The summed E-state index contributed by atoms with van der Waals surface area (Å²) in [6, 6.07) is 7.37. The standard InChI is InChI=1S/C20H18F2N2O4/c1-11-17(12(2)28-24-11)10-27-18-5-4-13(6-19(18)26-3)20(25)23-16-8-14(21)7-15(22)9-16/h4-9H,10H2,1-3H3,(H,23,25). The highest BCUT2D eigenvalue weighted by Crippen LogP contribution is 2.30. The van der Waals surface area contributed by atoms with Crippen LogP contribution < -0.4 is 14.8 Å². The molecule has 0 atom stereocenters. The van der Waals surface area contributed by atoms with Crippen molar-refractivity contribution in [3.05, 3.63) is 70.6 Å². The summed E-state index contributed by atoms with van der Waals surface area (Å²) < 4.78 is 42.7. The monoisotopic (exact) mass is 388 g/mol. The van der Waals surface area contributed by atoms with Crippen LogP contribution >= 0.6 is 0 Å². The van der Waals surface area contributed by atoms with Gasteiger partial charge in [0.1, 0.15) is 24.0 Å². The number of hydrogen-bond acceptors (Lipinski definition) is 5. The molecule has 0 fully saturated rings. The molecule has 8 heteroatoms. The Morgan fingerprint density at radius 2 is 1.82 bits per heavy atom. The van der Waals surface area contributed by atoms with E-state index < -0.39 is 17.5 Å². The number of benzene rings is 2. The number of aromatic nitrogens is 1. The molecule has 0 spiro atoms. The largest absolute Gasteiger partial charge is 0.493 e. The Morgan fingerprint density at radius 3 is 2.43 bits per heavy atom. The fraction of sp³-hybridized carbons (Fsp3) is 0.200. The maximum Gasteiger partial charge on any atom is 0.255 e. The molecule has 0 radical (unpaired) electrons. The van der Waals surface area contributed by atoms with E-state index in [0.29, 0.717) is 17.3 Å². The molecular weight excluding hydrogens is 370 g/mol. The predicted molar refractivity (Wildman–Crippen MR) is 97.6 cm³/mol. The second-order valence-electron chi connectivity index (χ2n) is 6.07. The number of carbonyl (C=O) groups is 1. The molecule has 0 saturated heterocycles. The summed E-state index contributed by atoms with van der Waals surface area (Å²) in [4.78, 5) is 12.4. The van der Waals surface area contributed by atoms with Gasteiger partial charge in [0.25, 0.3) is 5.91 Å². The van der Waals surface area contributed by atoms with E-state index in [2.05, 4.69) is 10.5 Å². The van der Waals surface area contributed by atoms with Crippen molar-refractivity contribution in [2.75, 3.05) is 12.4 Å². The van der Waals surface area contributed by atoms with E-state index in [9.17, 15) is 13.6 Å². The summed E-state index contributed by atoms with van der Waals surface area (Å²) >= 11 is 0. The molecule has 0 aliphatic carbocycles. The van der Waals surface area contributed by atoms with Gasteiger partial charge in [0, 0.05) is 17.3 Å². The molecule has 0 aliphatic rings. The number of nitrogens with zero attached hydrogens (tertiary/aromatic N) is 1. The van der Waals surface area contributed by atoms with Gasteiger partial charge in [-0.05, 0) is 44.2 Å². The van der Waals surface area contributed by atoms with E-state index in [0.717, 1.165) is 29.5 Å². The Bertz CT molecular complexity index is 978. The lowest BCUT2D eigenvalue weighted by Crippen LogP contribution is -2.12. The molecule has 3 aromatic rings. The molecule has 6 nitrogen and oxygen atoms in total. The van der Waals surface area contributed by atoms with Gasteiger partial charge in [0.2, 0.25) is 0 Å². The highest BCUT2D eigenvalue weighted by Gasteiger charge is 2.15. The number of nitrogens with one attached hydrogen (secondary N) is 1. The molecule has 1 amide bonds. The molecule has 2 aromatic carbocycles. The highest BCUT2D eigenvalue weighted by atomic mass is 19.1. The molecular formula is C20H18F2N2O4. The fourth-order valence-corrected chi connectivity index (χ4v) is 2.62. The van der Waals surface area contributed by atoms with Crippen molar-refractivity contribution in [3.63, 3.8) is 0 Å². The minimum Gasteiger partial charge on any atom is -0.493 e. The number of methoxy groups -OCH3 is 1. The highest BCUT2D eigenvalue weighted by molar-refractivity contribution is 6.04. The Kier molecular flexibility index (Phi) is 5.58. The molecule has 1 aromatic heterocycles. The third-order valence-corrected chi connectivity index (χ3v) is 4.10. The summed E-state index contributed by atoms with van der Waals surface area (Å²) in [7, 11) is 1.45. The Morgan fingerprint density at radius 1 is 1.11 bits per heavy atom. The zero-order chi connectivity index (χ0) is 20.3. The molecule has 0 saturated carbocycles. The second-order valence-corrected chi connectivity index (χ2v) is 6.07. The van der Waals surface area contributed by atoms with Crippen LogP contribution in [-0.2, 0) is 6.61 Å². The van der Waals surface area contributed by atoms with Gasteiger partial charge in [-0.2, -0.15) is 0 Å². The molecule has 1 N–H and O–H groups in total. The SMILES string of the molecule is COc1cc(C(=O)Nc2cc(F)cc(F)c2)ccc1OCc1c(C)noc1C. The Labute approximate surface area is 160 Å². The van der Waals surface area contributed by atoms with Crippen molar-refractivity contribution in [2.24, 2.45) is 0 Å². The smallest absolute Gasteiger partial charge is 0.255 e. The maximum absolute atomic E-state index is 13.3. The number of aryl methyl sites for hydroxylation is 2. The van der Waals surface area contributed by atoms with Gasteiger partial charge in [0.15, 0.2) is 11.5 Å². The lowest BCUT2D eigenvalue weighted by molar-refractivity contribution is 0.102. The average molecular weight is 388 g/mol. The normalized spacial score (nSPS) is 10.6. The van der Waals surface area contributed by atoms with Gasteiger partial charge in [-0.15, -0.1) is 0 Å². The van der Waals surface area contributed by atoms with Gasteiger partial charge in [-0.25, -0.2) is 8.78 Å². The van der Waals surface area contributed by atoms with E-state index in [1.54, 1.807) is 13.0 Å². The summed E-state index contributed by atoms with van der Waals surface area (Å²) in [5, 5.41) is 6.31. The summed E-state index contributed by atoms with van der Waals surface area (Å²) in [6.07, 6.45) is 0. The Balaban J connectivity index is 1.75. The number of anilines is 1. The van der Waals surface area contributed by atoms with Crippen LogP contribution in [0.15, 0.2) is 40.9 Å². The van der Waals surface area contributed by atoms with Crippen molar-refractivity contribution in [2.45, 2.75) is 20.5 Å². The molecule has 1 heterocycles. The van der Waals surface area contributed by atoms with Crippen LogP contribution in [-0.4, -0.2) is 18.2 Å². The first-order valence-corrected chi connectivity index (χ1v) is 8.37. The second kappa shape index (κ2) is 8.08. The van der Waals surface area contributed by atoms with Crippen molar-refractivity contribution in [1.29, 1.82) is 0 Å². The van der Waals surface area contributed by atoms with Crippen molar-refractivity contribution in [1.82, 2.24) is 5.16 Å². The quantitative estimate of drug-likeness (QED) is 0.677. The minimum atomic E-state index is -0.782. The fourth-order valence-electron chi connectivity index (χ4n) is 2.62. The zero-order valence-corrected chi connectivity index (χ0v) is 15.5. The number of carbonyl (C=O) groups excluding carboxylic acids is 1. The first-order chi connectivity index (χ1) is 13.4. The topological polar surface area (TPSA) is 73.6 Å². The molecule has 0 aliphatic heterocycles. The maximum atomic E-state index is 13.3. The van der Waals surface area contributed by atoms with Crippen molar-refractivity contribution < 1.29 is 27.6 Å². The number of ether oxygens (including phenoxy) is 2.